The van der Waals surface area contributed by atoms with Crippen LogP contribution < -0.4 is 10.0 Å². The zero-order valence-electron chi connectivity index (χ0n) is 15.4. The Hall–Kier alpha value is -1.71. The average molecular weight is 386 g/mol. The van der Waals surface area contributed by atoms with Crippen molar-refractivity contribution in [3.63, 3.8) is 0 Å². The molecule has 26 heavy (non-hydrogen) atoms. The fourth-order valence-corrected chi connectivity index (χ4v) is 3.38. The van der Waals surface area contributed by atoms with Crippen molar-refractivity contribution in [3.05, 3.63) is 35.6 Å². The largest absolute Gasteiger partial charge is 0.367 e. The van der Waals surface area contributed by atoms with Crippen molar-refractivity contribution in [2.45, 2.75) is 25.6 Å². The molecule has 2 unspecified atom stereocenters. The molecule has 2 N–H and O–H groups in total. The molecule has 2 atom stereocenters. The third-order valence-corrected chi connectivity index (χ3v) is 4.74. The summed E-state index contributed by atoms with van der Waals surface area (Å²) in [6.45, 7) is 4.27. The number of halogens is 1. The number of nitrogens with one attached hydrogen (secondary N) is 2. The predicted octanol–water partition coefficient (Wildman–Crippen LogP) is 1.10. The van der Waals surface area contributed by atoms with E-state index in [9.17, 15) is 12.8 Å². The lowest BCUT2D eigenvalue weighted by atomic mass is 10.1. The lowest BCUT2D eigenvalue weighted by Gasteiger charge is -2.38. The first-order valence-corrected chi connectivity index (χ1v) is 10.5. The van der Waals surface area contributed by atoms with Crippen molar-refractivity contribution in [2.24, 2.45) is 4.99 Å². The summed E-state index contributed by atoms with van der Waals surface area (Å²) in [7, 11) is -1.45. The van der Waals surface area contributed by atoms with Gasteiger partial charge in [-0.1, -0.05) is 12.1 Å². The van der Waals surface area contributed by atoms with E-state index in [0.717, 1.165) is 17.8 Å². The maximum Gasteiger partial charge on any atom is 0.208 e. The normalized spacial score (nSPS) is 21.7. The number of ether oxygens (including phenoxy) is 1. The van der Waals surface area contributed by atoms with Gasteiger partial charge in [0.2, 0.25) is 10.0 Å². The van der Waals surface area contributed by atoms with E-state index in [4.69, 9.17) is 4.74 Å². The van der Waals surface area contributed by atoms with Gasteiger partial charge in [-0.2, -0.15) is 0 Å². The SMILES string of the molecule is CN=C(NCCCNS(C)(=O)=O)N1CC(C)OC(c2ccc(F)cc2)C1. The first-order valence-electron chi connectivity index (χ1n) is 8.59. The van der Waals surface area contributed by atoms with Crippen LogP contribution in [0.15, 0.2) is 29.3 Å². The molecule has 1 fully saturated rings. The monoisotopic (exact) mass is 386 g/mol. The molecular weight excluding hydrogens is 359 g/mol. The predicted molar refractivity (Wildman–Crippen MR) is 100 cm³/mol. The van der Waals surface area contributed by atoms with Crippen molar-refractivity contribution >= 4 is 16.0 Å². The van der Waals surface area contributed by atoms with Crippen LogP contribution in [0.25, 0.3) is 0 Å². The molecule has 0 saturated carbocycles. The summed E-state index contributed by atoms with van der Waals surface area (Å²) < 4.78 is 43.7. The molecule has 146 valence electrons. The second kappa shape index (κ2) is 9.29. The van der Waals surface area contributed by atoms with Crippen molar-refractivity contribution in [3.8, 4) is 0 Å². The van der Waals surface area contributed by atoms with E-state index in [1.807, 2.05) is 6.92 Å². The highest BCUT2D eigenvalue weighted by Gasteiger charge is 2.28. The molecule has 2 rings (SSSR count). The summed E-state index contributed by atoms with van der Waals surface area (Å²) in [6, 6.07) is 6.35. The molecule has 1 aromatic rings. The standard InChI is InChI=1S/C17H27FN4O3S/c1-13-11-22(12-16(25-13)14-5-7-15(18)8-6-14)17(19-2)20-9-4-10-21-26(3,23)24/h5-8,13,16,21H,4,9-12H2,1-3H3,(H,19,20). The highest BCUT2D eigenvalue weighted by molar-refractivity contribution is 7.88. The molecule has 0 aliphatic carbocycles. The van der Waals surface area contributed by atoms with E-state index >= 15 is 0 Å². The Morgan fingerprint density at radius 3 is 2.62 bits per heavy atom. The minimum Gasteiger partial charge on any atom is -0.367 e. The Morgan fingerprint density at radius 2 is 2.00 bits per heavy atom. The molecule has 0 radical (unpaired) electrons. The number of sulfonamides is 1. The van der Waals surface area contributed by atoms with E-state index in [1.165, 1.54) is 12.1 Å². The maximum atomic E-state index is 13.1. The van der Waals surface area contributed by atoms with Crippen LogP contribution in [0.2, 0.25) is 0 Å². The van der Waals surface area contributed by atoms with Gasteiger partial charge in [0, 0.05) is 26.7 Å². The van der Waals surface area contributed by atoms with Crippen LogP contribution in [-0.2, 0) is 14.8 Å². The Labute approximate surface area is 154 Å². The van der Waals surface area contributed by atoms with Crippen molar-refractivity contribution in [2.75, 3.05) is 39.5 Å². The molecule has 1 heterocycles. The van der Waals surface area contributed by atoms with Gasteiger partial charge >= 0.3 is 0 Å². The zero-order valence-corrected chi connectivity index (χ0v) is 16.2. The number of hydrogen-bond donors (Lipinski definition) is 2. The molecule has 1 aliphatic rings. The summed E-state index contributed by atoms with van der Waals surface area (Å²) in [5.41, 5.74) is 0.927. The van der Waals surface area contributed by atoms with Crippen LogP contribution in [0.1, 0.15) is 25.0 Å². The van der Waals surface area contributed by atoms with E-state index in [-0.39, 0.29) is 18.0 Å². The van der Waals surface area contributed by atoms with Gasteiger partial charge in [-0.25, -0.2) is 17.5 Å². The third kappa shape index (κ3) is 6.54. The Morgan fingerprint density at radius 1 is 1.31 bits per heavy atom. The highest BCUT2D eigenvalue weighted by Crippen LogP contribution is 2.25. The van der Waals surface area contributed by atoms with E-state index in [1.54, 1.807) is 19.2 Å². The second-order valence-corrected chi connectivity index (χ2v) is 8.22. The molecule has 0 bridgehead atoms. The lowest BCUT2D eigenvalue weighted by molar-refractivity contribution is -0.0605. The van der Waals surface area contributed by atoms with Crippen LogP contribution in [0.4, 0.5) is 4.39 Å². The first kappa shape index (κ1) is 20.6. The average Bonchev–Trinajstić information content (AvgIpc) is 2.57. The fraction of sp³-hybridized carbons (Fsp3) is 0.588. The molecule has 1 saturated heterocycles. The number of benzene rings is 1. The van der Waals surface area contributed by atoms with Gasteiger partial charge in [0.25, 0.3) is 0 Å². The number of guanidine groups is 1. The minimum atomic E-state index is -3.16. The van der Waals surface area contributed by atoms with Crippen LogP contribution in [-0.4, -0.2) is 64.9 Å². The Kier molecular flexibility index (Phi) is 7.36. The molecule has 9 heteroatoms. The van der Waals surface area contributed by atoms with Crippen molar-refractivity contribution < 1.29 is 17.5 Å². The summed E-state index contributed by atoms with van der Waals surface area (Å²) in [5.74, 6) is 0.473. The first-order chi connectivity index (χ1) is 12.3. The van der Waals surface area contributed by atoms with Crippen molar-refractivity contribution in [1.82, 2.24) is 14.9 Å². The number of morpholine rings is 1. The fourth-order valence-electron chi connectivity index (χ4n) is 2.86. The van der Waals surface area contributed by atoms with Gasteiger partial charge in [0.05, 0.1) is 18.9 Å². The molecule has 1 aromatic carbocycles. The summed E-state index contributed by atoms with van der Waals surface area (Å²) >= 11 is 0. The van der Waals surface area contributed by atoms with Crippen LogP contribution in [0.5, 0.6) is 0 Å². The van der Waals surface area contributed by atoms with Gasteiger partial charge in [0.1, 0.15) is 11.9 Å². The smallest absolute Gasteiger partial charge is 0.208 e. The topological polar surface area (TPSA) is 83.0 Å². The number of aliphatic imine (C=N–C) groups is 1. The summed E-state index contributed by atoms with van der Waals surface area (Å²) in [4.78, 5) is 6.42. The highest BCUT2D eigenvalue weighted by atomic mass is 32.2. The van der Waals surface area contributed by atoms with Gasteiger partial charge in [-0.05, 0) is 31.0 Å². The molecule has 1 aliphatic heterocycles. The number of rotatable bonds is 6. The second-order valence-electron chi connectivity index (χ2n) is 6.39. The van der Waals surface area contributed by atoms with Crippen molar-refractivity contribution in [1.29, 1.82) is 0 Å². The maximum absolute atomic E-state index is 13.1. The molecule has 7 nitrogen and oxygen atoms in total. The number of hydrogen-bond acceptors (Lipinski definition) is 4. The number of nitrogens with zero attached hydrogens (tertiary/aromatic N) is 2. The molecule has 0 spiro atoms. The zero-order chi connectivity index (χ0) is 19.2. The molecule has 0 amide bonds. The minimum absolute atomic E-state index is 0.00394. The van der Waals surface area contributed by atoms with E-state index in [0.29, 0.717) is 32.6 Å². The van der Waals surface area contributed by atoms with Crippen LogP contribution in [0, 0.1) is 5.82 Å². The van der Waals surface area contributed by atoms with Gasteiger partial charge in [-0.3, -0.25) is 4.99 Å². The van der Waals surface area contributed by atoms with Crippen LogP contribution >= 0.6 is 0 Å². The van der Waals surface area contributed by atoms with Gasteiger partial charge in [0.15, 0.2) is 5.96 Å². The molecular formula is C17H27FN4O3S. The quantitative estimate of drug-likeness (QED) is 0.435. The summed E-state index contributed by atoms with van der Waals surface area (Å²) in [5, 5.41) is 3.25. The summed E-state index contributed by atoms with van der Waals surface area (Å²) in [6.07, 6.45) is 1.63. The van der Waals surface area contributed by atoms with Gasteiger partial charge in [-0.15, -0.1) is 0 Å². The third-order valence-electron chi connectivity index (χ3n) is 4.01. The van der Waals surface area contributed by atoms with Crippen LogP contribution in [0.3, 0.4) is 0 Å². The van der Waals surface area contributed by atoms with E-state index < -0.39 is 10.0 Å². The van der Waals surface area contributed by atoms with E-state index in [2.05, 4.69) is 19.9 Å². The molecule has 0 aromatic heterocycles. The lowest BCUT2D eigenvalue weighted by Crippen LogP contribution is -2.51. The Bertz CT molecular complexity index is 709. The Balaban J connectivity index is 1.91. The van der Waals surface area contributed by atoms with Gasteiger partial charge < -0.3 is 15.0 Å².